The molecule has 4 rings (SSSR count). The molecule has 5 heteroatoms. The van der Waals surface area contributed by atoms with E-state index in [1.54, 1.807) is 17.5 Å². The number of hydrogen-bond donors (Lipinski definition) is 0. The van der Waals surface area contributed by atoms with Gasteiger partial charge in [0.2, 0.25) is 0 Å². The second-order valence-electron chi connectivity index (χ2n) is 7.04. The summed E-state index contributed by atoms with van der Waals surface area (Å²) in [4.78, 5) is 19.0. The Balaban J connectivity index is 1.82. The fraction of sp³-hybridized carbons (Fsp3) is 0.227. The van der Waals surface area contributed by atoms with E-state index >= 15 is 0 Å². The first-order chi connectivity index (χ1) is 13.0. The zero-order valence-corrected chi connectivity index (χ0v) is 16.5. The molecule has 0 saturated carbocycles. The summed E-state index contributed by atoms with van der Waals surface area (Å²) in [5, 5.41) is 7.33. The third-order valence-corrected chi connectivity index (χ3v) is 5.51. The highest BCUT2D eigenvalue weighted by Crippen LogP contribution is 2.29. The fourth-order valence-electron chi connectivity index (χ4n) is 3.16. The molecule has 0 fully saturated rings. The molecule has 0 bridgehead atoms. The molecule has 0 aliphatic carbocycles. The summed E-state index contributed by atoms with van der Waals surface area (Å²) in [6.07, 6.45) is 2.14. The molecule has 4 aromatic rings. The number of hydrogen-bond acceptors (Lipinski definition) is 4. The van der Waals surface area contributed by atoms with Crippen LogP contribution in [0.25, 0.3) is 21.6 Å². The summed E-state index contributed by atoms with van der Waals surface area (Å²) >= 11 is 1.62. The van der Waals surface area contributed by atoms with Crippen molar-refractivity contribution in [1.82, 2.24) is 14.8 Å². The van der Waals surface area contributed by atoms with Crippen molar-refractivity contribution in [3.8, 4) is 10.6 Å². The van der Waals surface area contributed by atoms with Crippen LogP contribution in [0.3, 0.4) is 0 Å². The van der Waals surface area contributed by atoms with E-state index in [1.165, 1.54) is 5.56 Å². The topological polar surface area (TPSA) is 47.8 Å². The number of carbonyl (C=O) groups is 1. The van der Waals surface area contributed by atoms with Gasteiger partial charge in [0.25, 0.3) is 0 Å². The van der Waals surface area contributed by atoms with Crippen LogP contribution < -0.4 is 0 Å². The van der Waals surface area contributed by atoms with Crippen LogP contribution in [-0.4, -0.2) is 20.5 Å². The van der Waals surface area contributed by atoms with Gasteiger partial charge in [0.15, 0.2) is 11.4 Å². The SMILES string of the molecule is Cc1ccc(CC(=O)c2cc(-c3cccs3)nc3c2cnn3C(C)C)cc1. The van der Waals surface area contributed by atoms with Crippen molar-refractivity contribution in [2.24, 2.45) is 0 Å². The Hall–Kier alpha value is -2.79. The van der Waals surface area contributed by atoms with E-state index in [2.05, 4.69) is 18.9 Å². The summed E-state index contributed by atoms with van der Waals surface area (Å²) in [5.41, 5.74) is 4.49. The van der Waals surface area contributed by atoms with Crippen LogP contribution in [0.2, 0.25) is 0 Å². The van der Waals surface area contributed by atoms with Crippen molar-refractivity contribution < 1.29 is 4.79 Å². The molecule has 3 aromatic heterocycles. The number of ketones is 1. The van der Waals surface area contributed by atoms with Crippen molar-refractivity contribution in [2.75, 3.05) is 0 Å². The average molecular weight is 375 g/mol. The third-order valence-electron chi connectivity index (χ3n) is 4.62. The molecule has 136 valence electrons. The second kappa shape index (κ2) is 7.08. The minimum absolute atomic E-state index is 0.0902. The number of rotatable bonds is 5. The lowest BCUT2D eigenvalue weighted by atomic mass is 10.00. The zero-order chi connectivity index (χ0) is 19.0. The van der Waals surface area contributed by atoms with E-state index in [-0.39, 0.29) is 11.8 Å². The lowest BCUT2D eigenvalue weighted by Crippen LogP contribution is -2.07. The predicted octanol–water partition coefficient (Wildman–Crippen LogP) is 5.47. The van der Waals surface area contributed by atoms with Crippen LogP contribution in [0, 0.1) is 6.92 Å². The fourth-order valence-corrected chi connectivity index (χ4v) is 3.85. The van der Waals surface area contributed by atoms with Crippen LogP contribution in [0.15, 0.2) is 54.0 Å². The van der Waals surface area contributed by atoms with Gasteiger partial charge >= 0.3 is 0 Å². The molecule has 0 unspecified atom stereocenters. The van der Waals surface area contributed by atoms with Crippen LogP contribution in [0.5, 0.6) is 0 Å². The standard InChI is InChI=1S/C22H21N3OS/c1-14(2)25-22-18(13-23-25)17(12-19(24-22)21-5-4-10-27-21)20(26)11-16-8-6-15(3)7-9-16/h4-10,12-14H,11H2,1-3H3. The Labute approximate surface area is 162 Å². The van der Waals surface area contributed by atoms with E-state index in [1.807, 2.05) is 59.5 Å². The van der Waals surface area contributed by atoms with Crippen molar-refractivity contribution in [2.45, 2.75) is 33.2 Å². The maximum atomic E-state index is 13.2. The van der Waals surface area contributed by atoms with Gasteiger partial charge in [-0.1, -0.05) is 35.9 Å². The van der Waals surface area contributed by atoms with E-state index < -0.39 is 0 Å². The van der Waals surface area contributed by atoms with Gasteiger partial charge in [0, 0.05) is 23.4 Å². The monoisotopic (exact) mass is 375 g/mol. The van der Waals surface area contributed by atoms with Gasteiger partial charge in [-0.3, -0.25) is 4.79 Å². The molecular formula is C22H21N3OS. The Morgan fingerprint density at radius 2 is 1.96 bits per heavy atom. The molecule has 0 atom stereocenters. The first-order valence-electron chi connectivity index (χ1n) is 9.04. The number of nitrogens with zero attached hydrogens (tertiary/aromatic N) is 3. The van der Waals surface area contributed by atoms with Crippen molar-refractivity contribution in [3.05, 3.63) is 70.7 Å². The number of carbonyl (C=O) groups excluding carboxylic acids is 1. The molecule has 4 nitrogen and oxygen atoms in total. The van der Waals surface area contributed by atoms with E-state index in [9.17, 15) is 4.79 Å². The molecule has 27 heavy (non-hydrogen) atoms. The van der Waals surface area contributed by atoms with E-state index in [0.29, 0.717) is 12.0 Å². The second-order valence-corrected chi connectivity index (χ2v) is 7.99. The van der Waals surface area contributed by atoms with Crippen molar-refractivity contribution in [3.63, 3.8) is 0 Å². The minimum atomic E-state index is 0.0902. The number of aromatic nitrogens is 3. The number of aryl methyl sites for hydroxylation is 1. The van der Waals surface area contributed by atoms with Gasteiger partial charge in [0.05, 0.1) is 16.8 Å². The van der Waals surface area contributed by atoms with E-state index in [4.69, 9.17) is 4.98 Å². The van der Waals surface area contributed by atoms with Crippen molar-refractivity contribution in [1.29, 1.82) is 0 Å². The lowest BCUT2D eigenvalue weighted by Gasteiger charge is -2.10. The Morgan fingerprint density at radius 1 is 1.19 bits per heavy atom. The summed E-state index contributed by atoms with van der Waals surface area (Å²) in [6.45, 7) is 6.19. The van der Waals surface area contributed by atoms with Crippen LogP contribution in [-0.2, 0) is 6.42 Å². The number of benzene rings is 1. The molecule has 0 aliphatic heterocycles. The Kier molecular flexibility index (Phi) is 4.62. The third kappa shape index (κ3) is 3.43. The van der Waals surface area contributed by atoms with Gasteiger partial charge in [-0.15, -0.1) is 11.3 Å². The summed E-state index contributed by atoms with van der Waals surface area (Å²) in [5.74, 6) is 0.0902. The quantitative estimate of drug-likeness (QED) is 0.434. The van der Waals surface area contributed by atoms with Crippen LogP contribution in [0.4, 0.5) is 0 Å². The van der Waals surface area contributed by atoms with Crippen LogP contribution >= 0.6 is 11.3 Å². The Bertz CT molecular complexity index is 1090. The van der Waals surface area contributed by atoms with Gasteiger partial charge in [-0.2, -0.15) is 5.10 Å². The maximum Gasteiger partial charge on any atom is 0.168 e. The smallest absolute Gasteiger partial charge is 0.168 e. The highest BCUT2D eigenvalue weighted by Gasteiger charge is 2.19. The molecule has 0 radical (unpaired) electrons. The maximum absolute atomic E-state index is 13.2. The largest absolute Gasteiger partial charge is 0.294 e. The van der Waals surface area contributed by atoms with Gasteiger partial charge < -0.3 is 0 Å². The molecule has 3 heterocycles. The molecule has 0 amide bonds. The highest BCUT2D eigenvalue weighted by atomic mass is 32.1. The summed E-state index contributed by atoms with van der Waals surface area (Å²) in [7, 11) is 0. The van der Waals surface area contributed by atoms with E-state index in [0.717, 1.165) is 27.2 Å². The number of pyridine rings is 1. The highest BCUT2D eigenvalue weighted by molar-refractivity contribution is 7.13. The van der Waals surface area contributed by atoms with Gasteiger partial charge in [-0.05, 0) is 43.8 Å². The molecule has 0 saturated heterocycles. The molecule has 0 N–H and O–H groups in total. The lowest BCUT2D eigenvalue weighted by molar-refractivity contribution is 0.0994. The predicted molar refractivity (Wildman–Crippen MR) is 110 cm³/mol. The molecule has 1 aromatic carbocycles. The number of fused-ring (bicyclic) bond motifs is 1. The van der Waals surface area contributed by atoms with Gasteiger partial charge in [-0.25, -0.2) is 9.67 Å². The van der Waals surface area contributed by atoms with Gasteiger partial charge in [0.1, 0.15) is 0 Å². The summed E-state index contributed by atoms with van der Waals surface area (Å²) < 4.78 is 1.88. The molecule has 0 spiro atoms. The molecule has 0 aliphatic rings. The number of Topliss-reactive ketones (excluding diaryl/α,β-unsaturated/α-hetero) is 1. The van der Waals surface area contributed by atoms with Crippen LogP contribution in [0.1, 0.15) is 41.4 Å². The first kappa shape index (κ1) is 17.6. The first-order valence-corrected chi connectivity index (χ1v) is 9.92. The Morgan fingerprint density at radius 3 is 2.63 bits per heavy atom. The normalized spacial score (nSPS) is 11.4. The molecular weight excluding hydrogens is 354 g/mol. The minimum Gasteiger partial charge on any atom is -0.294 e. The zero-order valence-electron chi connectivity index (χ0n) is 15.6. The summed E-state index contributed by atoms with van der Waals surface area (Å²) in [6, 6.07) is 14.2. The average Bonchev–Trinajstić information content (AvgIpc) is 3.32. The number of thiophene rings is 1. The van der Waals surface area contributed by atoms with Crippen molar-refractivity contribution >= 4 is 28.2 Å².